The molecule has 0 atom stereocenters. The number of hydrogen-bond donors (Lipinski definition) is 1. The van der Waals surface area contributed by atoms with Crippen LogP contribution in [0.3, 0.4) is 0 Å². The van der Waals surface area contributed by atoms with Crippen LogP contribution in [-0.2, 0) is 6.61 Å². The van der Waals surface area contributed by atoms with Gasteiger partial charge in [-0.15, -0.1) is 0 Å². The molecule has 20 heavy (non-hydrogen) atoms. The highest BCUT2D eigenvalue weighted by Gasteiger charge is 2.07. The van der Waals surface area contributed by atoms with Gasteiger partial charge < -0.3 is 14.1 Å². The first-order chi connectivity index (χ1) is 9.92. The lowest BCUT2D eigenvalue weighted by molar-refractivity contribution is 0.310. The maximum atomic E-state index is 5.95. The quantitative estimate of drug-likeness (QED) is 0.591. The van der Waals surface area contributed by atoms with E-state index in [-0.39, 0.29) is 0 Å². The molecule has 0 fully saturated rings. The van der Waals surface area contributed by atoms with E-state index in [0.29, 0.717) is 6.61 Å². The Morgan fingerprint density at radius 2 is 1.90 bits per heavy atom. The molecular weight excluding hydrogens is 250 g/mol. The first-order valence-corrected chi connectivity index (χ1v) is 6.56. The van der Waals surface area contributed by atoms with Crippen LogP contribution in [-0.4, -0.2) is 4.98 Å². The molecule has 0 unspecified atom stereocenters. The summed E-state index contributed by atoms with van der Waals surface area (Å²) in [5.41, 5.74) is 3.04. The lowest BCUT2D eigenvalue weighted by Crippen LogP contribution is -1.94. The molecule has 0 saturated carbocycles. The molecule has 3 heteroatoms. The van der Waals surface area contributed by atoms with E-state index in [1.54, 1.807) is 6.26 Å². The van der Waals surface area contributed by atoms with Gasteiger partial charge in [-0.3, -0.25) is 0 Å². The third kappa shape index (κ3) is 1.75. The van der Waals surface area contributed by atoms with Gasteiger partial charge >= 0.3 is 0 Å². The van der Waals surface area contributed by atoms with E-state index in [9.17, 15) is 0 Å². The smallest absolute Gasteiger partial charge is 0.134 e. The SMILES string of the molecule is c1cc(OCc2coc3ccccc23)c2cc[nH]c2c1. The molecule has 2 heterocycles. The molecular formula is C17H13NO2. The molecule has 1 N–H and O–H groups in total. The summed E-state index contributed by atoms with van der Waals surface area (Å²) in [6, 6.07) is 16.0. The van der Waals surface area contributed by atoms with Crippen molar-refractivity contribution in [3.05, 3.63) is 66.6 Å². The van der Waals surface area contributed by atoms with Crippen LogP contribution in [0.15, 0.2) is 65.4 Å². The summed E-state index contributed by atoms with van der Waals surface area (Å²) in [5, 5.41) is 2.20. The maximum absolute atomic E-state index is 5.95. The van der Waals surface area contributed by atoms with Gasteiger partial charge in [-0.1, -0.05) is 24.3 Å². The predicted molar refractivity (Wildman–Crippen MR) is 78.8 cm³/mol. The van der Waals surface area contributed by atoms with Crippen molar-refractivity contribution in [1.29, 1.82) is 0 Å². The van der Waals surface area contributed by atoms with Crippen molar-refractivity contribution < 1.29 is 9.15 Å². The lowest BCUT2D eigenvalue weighted by atomic mass is 10.2. The summed E-state index contributed by atoms with van der Waals surface area (Å²) in [6.07, 6.45) is 3.69. The van der Waals surface area contributed by atoms with Gasteiger partial charge in [0.2, 0.25) is 0 Å². The topological polar surface area (TPSA) is 38.2 Å². The number of aromatic amines is 1. The van der Waals surface area contributed by atoms with Gasteiger partial charge in [0.25, 0.3) is 0 Å². The fraction of sp³-hybridized carbons (Fsp3) is 0.0588. The second-order valence-corrected chi connectivity index (χ2v) is 4.74. The van der Waals surface area contributed by atoms with Crippen LogP contribution in [0.25, 0.3) is 21.9 Å². The molecule has 0 spiro atoms. The molecule has 0 bridgehead atoms. The zero-order chi connectivity index (χ0) is 13.4. The molecule has 4 aromatic rings. The van der Waals surface area contributed by atoms with E-state index in [1.165, 1.54) is 0 Å². The van der Waals surface area contributed by atoms with Crippen LogP contribution in [0.5, 0.6) is 5.75 Å². The van der Waals surface area contributed by atoms with Crippen molar-refractivity contribution in [2.45, 2.75) is 6.61 Å². The zero-order valence-corrected chi connectivity index (χ0v) is 10.8. The highest BCUT2D eigenvalue weighted by Crippen LogP contribution is 2.27. The largest absolute Gasteiger partial charge is 0.488 e. The van der Waals surface area contributed by atoms with Gasteiger partial charge in [0.05, 0.1) is 6.26 Å². The molecule has 0 aliphatic heterocycles. The van der Waals surface area contributed by atoms with Gasteiger partial charge in [0.15, 0.2) is 0 Å². The number of aromatic nitrogens is 1. The Morgan fingerprint density at radius 3 is 2.90 bits per heavy atom. The van der Waals surface area contributed by atoms with Gasteiger partial charge in [-0.2, -0.15) is 0 Å². The molecule has 4 rings (SSSR count). The Morgan fingerprint density at radius 1 is 0.950 bits per heavy atom. The fourth-order valence-electron chi connectivity index (χ4n) is 2.48. The van der Waals surface area contributed by atoms with Crippen molar-refractivity contribution >= 4 is 21.9 Å². The summed E-state index contributed by atoms with van der Waals surface area (Å²) in [4.78, 5) is 3.18. The van der Waals surface area contributed by atoms with Crippen LogP contribution < -0.4 is 4.74 Å². The Balaban J connectivity index is 1.66. The molecule has 3 nitrogen and oxygen atoms in total. The number of fused-ring (bicyclic) bond motifs is 2. The number of hydrogen-bond acceptors (Lipinski definition) is 2. The average Bonchev–Trinajstić information content (AvgIpc) is 3.12. The monoisotopic (exact) mass is 263 g/mol. The minimum Gasteiger partial charge on any atom is -0.488 e. The molecule has 0 amide bonds. The second kappa shape index (κ2) is 4.46. The van der Waals surface area contributed by atoms with E-state index in [4.69, 9.17) is 9.15 Å². The van der Waals surface area contributed by atoms with Crippen molar-refractivity contribution in [2.24, 2.45) is 0 Å². The highest BCUT2D eigenvalue weighted by atomic mass is 16.5. The second-order valence-electron chi connectivity index (χ2n) is 4.74. The van der Waals surface area contributed by atoms with Crippen molar-refractivity contribution in [1.82, 2.24) is 4.98 Å². The summed E-state index contributed by atoms with van der Waals surface area (Å²) >= 11 is 0. The van der Waals surface area contributed by atoms with Crippen molar-refractivity contribution in [3.63, 3.8) is 0 Å². The van der Waals surface area contributed by atoms with Crippen molar-refractivity contribution in [3.8, 4) is 5.75 Å². The third-order valence-corrected chi connectivity index (χ3v) is 3.50. The predicted octanol–water partition coefficient (Wildman–Crippen LogP) is 4.49. The number of ether oxygens (including phenoxy) is 1. The summed E-state index contributed by atoms with van der Waals surface area (Å²) in [5.74, 6) is 0.883. The number of H-pyrrole nitrogens is 1. The maximum Gasteiger partial charge on any atom is 0.134 e. The van der Waals surface area contributed by atoms with Gasteiger partial charge in [-0.05, 0) is 24.3 Å². The average molecular weight is 263 g/mol. The summed E-state index contributed by atoms with van der Waals surface area (Å²) < 4.78 is 11.5. The Kier molecular flexibility index (Phi) is 2.49. The normalized spacial score (nSPS) is 11.2. The van der Waals surface area contributed by atoms with E-state index in [0.717, 1.165) is 33.2 Å². The summed E-state index contributed by atoms with van der Waals surface area (Å²) in [6.45, 7) is 0.501. The van der Waals surface area contributed by atoms with Crippen LogP contribution >= 0.6 is 0 Å². The third-order valence-electron chi connectivity index (χ3n) is 3.50. The van der Waals surface area contributed by atoms with E-state index >= 15 is 0 Å². The van der Waals surface area contributed by atoms with Gasteiger partial charge in [-0.25, -0.2) is 0 Å². The number of nitrogens with one attached hydrogen (secondary N) is 1. The first-order valence-electron chi connectivity index (χ1n) is 6.56. The summed E-state index contributed by atoms with van der Waals surface area (Å²) in [7, 11) is 0. The van der Waals surface area contributed by atoms with Crippen molar-refractivity contribution in [2.75, 3.05) is 0 Å². The lowest BCUT2D eigenvalue weighted by Gasteiger charge is -2.06. The van der Waals surface area contributed by atoms with E-state index < -0.39 is 0 Å². The fourth-order valence-corrected chi connectivity index (χ4v) is 2.48. The molecule has 0 radical (unpaired) electrons. The number of benzene rings is 2. The molecule has 0 aliphatic rings. The Labute approximate surface area is 115 Å². The van der Waals surface area contributed by atoms with Crippen LogP contribution in [0.2, 0.25) is 0 Å². The minimum atomic E-state index is 0.501. The van der Waals surface area contributed by atoms with Crippen LogP contribution in [0, 0.1) is 0 Å². The molecule has 0 aliphatic carbocycles. The first kappa shape index (κ1) is 11.2. The number of rotatable bonds is 3. The van der Waals surface area contributed by atoms with Crippen LogP contribution in [0.4, 0.5) is 0 Å². The Hall–Kier alpha value is -2.68. The Bertz CT molecular complexity index is 873. The van der Waals surface area contributed by atoms with Gasteiger partial charge in [0.1, 0.15) is 17.9 Å². The highest BCUT2D eigenvalue weighted by molar-refractivity contribution is 5.86. The molecule has 98 valence electrons. The molecule has 2 aromatic heterocycles. The van der Waals surface area contributed by atoms with E-state index in [2.05, 4.69) is 11.1 Å². The van der Waals surface area contributed by atoms with Gasteiger partial charge in [0, 0.05) is 28.0 Å². The zero-order valence-electron chi connectivity index (χ0n) is 10.8. The number of para-hydroxylation sites is 1. The molecule has 2 aromatic carbocycles. The van der Waals surface area contributed by atoms with E-state index in [1.807, 2.05) is 48.7 Å². The van der Waals surface area contributed by atoms with Crippen LogP contribution in [0.1, 0.15) is 5.56 Å². The standard InChI is InChI=1S/C17H13NO2/c1-2-6-16-13(4-1)12(10-19-16)11-20-17-7-3-5-15-14(17)8-9-18-15/h1-10,18H,11H2. The minimum absolute atomic E-state index is 0.501. The number of furan rings is 1. The molecule has 0 saturated heterocycles.